The average molecular weight is 726 g/mol. The predicted molar refractivity (Wildman–Crippen MR) is 220 cm³/mol. The fourth-order valence-electron chi connectivity index (χ4n) is 5.03. The summed E-state index contributed by atoms with van der Waals surface area (Å²) in [6, 6.07) is -1.13. The molecule has 6 nitrogen and oxygen atoms in total. The number of rotatable bonds is 33. The minimum absolute atomic E-state index is 0.152. The van der Waals surface area contributed by atoms with Gasteiger partial charge in [-0.05, 0) is 83.5 Å². The van der Waals surface area contributed by atoms with Gasteiger partial charge in [0.2, 0.25) is 5.91 Å². The minimum Gasteiger partial charge on any atom is -0.387 e. The van der Waals surface area contributed by atoms with Crippen molar-refractivity contribution in [2.24, 2.45) is 0 Å². The van der Waals surface area contributed by atoms with Crippen LogP contribution in [0.4, 0.5) is 0 Å². The van der Waals surface area contributed by atoms with Crippen LogP contribution in [0.1, 0.15) is 142 Å². The van der Waals surface area contributed by atoms with Crippen molar-refractivity contribution in [1.82, 2.24) is 5.32 Å². The van der Waals surface area contributed by atoms with E-state index >= 15 is 0 Å². The highest BCUT2D eigenvalue weighted by Gasteiger charge is 2.24. The topological polar surface area (TPSA) is 104 Å². The third-order valence-electron chi connectivity index (χ3n) is 7.92. The Labute approximate surface area is 312 Å². The summed E-state index contributed by atoms with van der Waals surface area (Å²) in [6.07, 6.45) is 56.5. The van der Waals surface area contributed by atoms with Crippen molar-refractivity contribution in [3.05, 3.63) is 109 Å². The molecule has 0 aliphatic carbocycles. The Bertz CT molecular complexity index is 1200. The van der Waals surface area contributed by atoms with Gasteiger partial charge in [0.05, 0.1) is 17.9 Å². The van der Waals surface area contributed by atoms with E-state index < -0.39 is 28.0 Å². The van der Waals surface area contributed by atoms with Crippen LogP contribution in [-0.2, 0) is 14.9 Å². The number of nitrogens with one attached hydrogen (secondary N) is 1. The number of unbranched alkanes of at least 4 members (excludes halogenated alkanes) is 9. The van der Waals surface area contributed by atoms with Gasteiger partial charge in [-0.2, -0.15) is 8.42 Å². The molecule has 0 radical (unpaired) electrons. The minimum atomic E-state index is -4.39. The van der Waals surface area contributed by atoms with E-state index in [1.165, 1.54) is 51.0 Å². The highest BCUT2D eigenvalue weighted by Crippen LogP contribution is 2.09. The Morgan fingerprint density at radius 1 is 0.549 bits per heavy atom. The molecule has 1 amide bonds. The third-order valence-corrected chi connectivity index (χ3v) is 8.70. The number of allylic oxidation sites excluding steroid dienone is 17. The summed E-state index contributed by atoms with van der Waals surface area (Å²) in [7, 11) is -4.39. The number of carbonyl (C=O) groups excluding carboxylic acids is 1. The van der Waals surface area contributed by atoms with Gasteiger partial charge in [0.25, 0.3) is 10.1 Å². The van der Waals surface area contributed by atoms with Gasteiger partial charge in [0.15, 0.2) is 0 Å². The van der Waals surface area contributed by atoms with Gasteiger partial charge in [0, 0.05) is 6.42 Å². The second-order valence-corrected chi connectivity index (χ2v) is 14.3. The first-order valence-corrected chi connectivity index (χ1v) is 21.2. The van der Waals surface area contributed by atoms with Crippen LogP contribution in [-0.4, -0.2) is 41.9 Å². The molecule has 0 aromatic carbocycles. The summed E-state index contributed by atoms with van der Waals surface area (Å²) in [4.78, 5) is 12.5. The SMILES string of the molecule is CC/C=C\C/C=C\C/C=C\C/C=C\C/C=C\C/C=C\CCC(=O)NC(CS(=O)(=O)O)C(O)/C=C/CC/C=C/CC/C=C/CCCCCCCCC. The molecule has 2 unspecified atom stereocenters. The van der Waals surface area contributed by atoms with Crippen LogP contribution in [0.15, 0.2) is 109 Å². The lowest BCUT2D eigenvalue weighted by Crippen LogP contribution is -2.46. The monoisotopic (exact) mass is 726 g/mol. The van der Waals surface area contributed by atoms with Crippen LogP contribution < -0.4 is 5.32 Å². The lowest BCUT2D eigenvalue weighted by Gasteiger charge is -2.20. The van der Waals surface area contributed by atoms with E-state index in [1.54, 1.807) is 6.08 Å². The van der Waals surface area contributed by atoms with Crippen LogP contribution in [0.25, 0.3) is 0 Å². The van der Waals surface area contributed by atoms with Gasteiger partial charge in [0.1, 0.15) is 0 Å². The maximum Gasteiger partial charge on any atom is 0.267 e. The van der Waals surface area contributed by atoms with Crippen LogP contribution >= 0.6 is 0 Å². The molecule has 0 heterocycles. The molecule has 0 bridgehead atoms. The van der Waals surface area contributed by atoms with Gasteiger partial charge in [-0.15, -0.1) is 0 Å². The Morgan fingerprint density at radius 2 is 0.961 bits per heavy atom. The van der Waals surface area contributed by atoms with Crippen molar-refractivity contribution in [2.75, 3.05) is 5.75 Å². The van der Waals surface area contributed by atoms with Crippen molar-refractivity contribution in [3.8, 4) is 0 Å². The Kier molecular flexibility index (Phi) is 34.6. The highest BCUT2D eigenvalue weighted by atomic mass is 32.2. The number of amides is 1. The maximum atomic E-state index is 12.5. The quantitative estimate of drug-likeness (QED) is 0.0355. The molecule has 0 saturated heterocycles. The summed E-state index contributed by atoms with van der Waals surface area (Å²) >= 11 is 0. The second-order valence-electron chi connectivity index (χ2n) is 12.8. The van der Waals surface area contributed by atoms with E-state index in [9.17, 15) is 22.9 Å². The molecule has 0 rings (SSSR count). The zero-order valence-electron chi connectivity index (χ0n) is 31.9. The first kappa shape index (κ1) is 48.0. The van der Waals surface area contributed by atoms with Crippen LogP contribution in [0.5, 0.6) is 0 Å². The second kappa shape index (κ2) is 36.8. The molecule has 0 aromatic rings. The van der Waals surface area contributed by atoms with Gasteiger partial charge in [-0.3, -0.25) is 9.35 Å². The number of aliphatic hydroxyl groups excluding tert-OH is 1. The lowest BCUT2D eigenvalue weighted by atomic mass is 10.1. The van der Waals surface area contributed by atoms with E-state index in [0.29, 0.717) is 12.8 Å². The fourth-order valence-corrected chi connectivity index (χ4v) is 5.77. The summed E-state index contributed by atoms with van der Waals surface area (Å²) in [6.45, 7) is 4.39. The van der Waals surface area contributed by atoms with Crippen molar-refractivity contribution >= 4 is 16.0 Å². The zero-order valence-corrected chi connectivity index (χ0v) is 32.7. The molecule has 0 aliphatic rings. The van der Waals surface area contributed by atoms with Crippen LogP contribution in [0.2, 0.25) is 0 Å². The molecule has 2 atom stereocenters. The molecule has 3 N–H and O–H groups in total. The summed E-state index contributed by atoms with van der Waals surface area (Å²) in [5, 5.41) is 13.1. The van der Waals surface area contributed by atoms with Crippen LogP contribution in [0.3, 0.4) is 0 Å². The molecule has 0 aliphatic heterocycles. The van der Waals surface area contributed by atoms with Crippen molar-refractivity contribution in [2.45, 2.75) is 154 Å². The predicted octanol–water partition coefficient (Wildman–Crippen LogP) is 11.6. The van der Waals surface area contributed by atoms with Gasteiger partial charge >= 0.3 is 0 Å². The standard InChI is InChI=1S/C44H71NO5S/c1-3-5-7-9-11-13-15-17-19-21-22-24-26-28-30-32-34-36-38-40-44(47)45-42(41-51(48,49)50)43(46)39-37-35-33-31-29-27-25-23-20-18-16-14-12-10-8-6-4-2/h5,7,11,13,17,19-20,22-24,28-31,34,36-37,39,42-43,46H,3-4,6,8-10,12,14-16,18,21,25-27,32-33,35,38,40-41H2,1-2H3,(H,45,47)(H,48,49,50)/b7-5-,13-11-,19-17-,23-20+,24-22-,30-28-,31-29+,36-34-,39-37+. The van der Waals surface area contributed by atoms with E-state index in [2.05, 4.69) is 104 Å². The summed E-state index contributed by atoms with van der Waals surface area (Å²) in [5.41, 5.74) is 0. The van der Waals surface area contributed by atoms with Gasteiger partial charge < -0.3 is 10.4 Å². The first-order valence-electron chi connectivity index (χ1n) is 19.6. The Morgan fingerprint density at radius 3 is 1.45 bits per heavy atom. The molecule has 0 saturated carbocycles. The van der Waals surface area contributed by atoms with Crippen molar-refractivity contribution in [1.29, 1.82) is 0 Å². The molecule has 0 aromatic heterocycles. The lowest BCUT2D eigenvalue weighted by molar-refractivity contribution is -0.122. The van der Waals surface area contributed by atoms with E-state index in [0.717, 1.165) is 64.2 Å². The first-order chi connectivity index (χ1) is 24.8. The normalized spacial score (nSPS) is 14.5. The van der Waals surface area contributed by atoms with Crippen molar-refractivity contribution < 1.29 is 22.9 Å². The molecular weight excluding hydrogens is 655 g/mol. The zero-order chi connectivity index (χ0) is 37.5. The van der Waals surface area contributed by atoms with Gasteiger partial charge in [-0.25, -0.2) is 0 Å². The molecule has 7 heteroatoms. The maximum absolute atomic E-state index is 12.5. The Hall–Kier alpha value is -3.00. The number of carbonyl (C=O) groups is 1. The smallest absolute Gasteiger partial charge is 0.267 e. The average Bonchev–Trinajstić information content (AvgIpc) is 3.09. The van der Waals surface area contributed by atoms with E-state index in [-0.39, 0.29) is 12.3 Å². The molecule has 0 fully saturated rings. The fraction of sp³-hybridized carbons (Fsp3) is 0.568. The summed E-state index contributed by atoms with van der Waals surface area (Å²) in [5.74, 6) is -1.13. The summed E-state index contributed by atoms with van der Waals surface area (Å²) < 4.78 is 32.4. The molecule has 51 heavy (non-hydrogen) atoms. The number of hydrogen-bond acceptors (Lipinski definition) is 4. The third kappa shape index (κ3) is 38.1. The molecule has 288 valence electrons. The van der Waals surface area contributed by atoms with Gasteiger partial charge in [-0.1, -0.05) is 162 Å². The number of aliphatic hydroxyl groups is 1. The number of hydrogen-bond donors (Lipinski definition) is 3. The molecule has 0 spiro atoms. The Balaban J connectivity index is 4.21. The van der Waals surface area contributed by atoms with Crippen molar-refractivity contribution in [3.63, 3.8) is 0 Å². The highest BCUT2D eigenvalue weighted by molar-refractivity contribution is 7.85. The largest absolute Gasteiger partial charge is 0.387 e. The molecular formula is C44H71NO5S. The van der Waals surface area contributed by atoms with Crippen LogP contribution in [0, 0.1) is 0 Å². The van der Waals surface area contributed by atoms with E-state index in [4.69, 9.17) is 0 Å². The van der Waals surface area contributed by atoms with E-state index in [1.807, 2.05) is 12.2 Å².